The van der Waals surface area contributed by atoms with E-state index in [1.54, 1.807) is 0 Å². The van der Waals surface area contributed by atoms with Crippen LogP contribution in [-0.2, 0) is 6.54 Å². The van der Waals surface area contributed by atoms with Gasteiger partial charge in [0.05, 0.1) is 0 Å². The molecule has 0 aliphatic rings. The van der Waals surface area contributed by atoms with E-state index in [1.165, 1.54) is 11.1 Å². The lowest BCUT2D eigenvalue weighted by atomic mass is 10.1. The highest BCUT2D eigenvalue weighted by Crippen LogP contribution is 2.18. The largest absolute Gasteiger partial charge is 0.308 e. The Kier molecular flexibility index (Phi) is 5.77. The molecular weight excluding hydrogens is 312 g/mol. The summed E-state index contributed by atoms with van der Waals surface area (Å²) in [7, 11) is 4.21. The third-order valence-corrected chi connectivity index (χ3v) is 4.02. The van der Waals surface area contributed by atoms with Gasteiger partial charge in [-0.15, -0.1) is 0 Å². The number of likely N-dealkylation sites (N-methyl/N-ethyl adjacent to an activating group) is 1. The van der Waals surface area contributed by atoms with Crippen LogP contribution >= 0.6 is 15.9 Å². The van der Waals surface area contributed by atoms with E-state index in [-0.39, 0.29) is 0 Å². The molecule has 0 spiro atoms. The average Bonchev–Trinajstić information content (AvgIpc) is 2.45. The molecule has 1 unspecified atom stereocenters. The minimum absolute atomic E-state index is 0.332. The smallest absolute Gasteiger partial charge is 0.0451 e. The zero-order chi connectivity index (χ0) is 14.4. The normalized spacial score (nSPS) is 12.6. The van der Waals surface area contributed by atoms with Gasteiger partial charge in [-0.25, -0.2) is 0 Å². The van der Waals surface area contributed by atoms with Gasteiger partial charge in [-0.1, -0.05) is 64.5 Å². The summed E-state index contributed by atoms with van der Waals surface area (Å²) < 4.78 is 1.16. The molecule has 0 bridgehead atoms. The summed E-state index contributed by atoms with van der Waals surface area (Å²) in [5, 5.41) is 3.65. The van der Waals surface area contributed by atoms with Crippen molar-refractivity contribution in [1.82, 2.24) is 10.2 Å². The lowest BCUT2D eigenvalue weighted by Crippen LogP contribution is -2.31. The zero-order valence-electron chi connectivity index (χ0n) is 12.0. The maximum Gasteiger partial charge on any atom is 0.0451 e. The van der Waals surface area contributed by atoms with Crippen molar-refractivity contribution in [1.29, 1.82) is 0 Å². The Morgan fingerprint density at radius 3 is 2.30 bits per heavy atom. The highest BCUT2D eigenvalue weighted by molar-refractivity contribution is 9.10. The number of rotatable bonds is 6. The second-order valence-corrected chi connectivity index (χ2v) is 6.05. The minimum Gasteiger partial charge on any atom is -0.308 e. The molecule has 1 N–H and O–H groups in total. The van der Waals surface area contributed by atoms with Crippen LogP contribution in [0, 0.1) is 0 Å². The molecule has 0 aliphatic carbocycles. The Bertz CT molecular complexity index is 526. The van der Waals surface area contributed by atoms with Crippen molar-refractivity contribution in [2.45, 2.75) is 12.6 Å². The van der Waals surface area contributed by atoms with Crippen molar-refractivity contribution in [2.75, 3.05) is 20.6 Å². The average molecular weight is 333 g/mol. The highest BCUT2D eigenvalue weighted by atomic mass is 79.9. The van der Waals surface area contributed by atoms with Gasteiger partial charge in [-0.2, -0.15) is 0 Å². The van der Waals surface area contributed by atoms with Gasteiger partial charge in [0.15, 0.2) is 0 Å². The Balaban J connectivity index is 2.07. The Morgan fingerprint density at radius 1 is 1.00 bits per heavy atom. The zero-order valence-corrected chi connectivity index (χ0v) is 13.6. The Hall–Kier alpha value is -1.16. The van der Waals surface area contributed by atoms with Gasteiger partial charge in [0, 0.05) is 23.6 Å². The number of nitrogens with one attached hydrogen (secondary N) is 1. The lowest BCUT2D eigenvalue weighted by molar-refractivity contribution is 0.340. The molecule has 0 saturated heterocycles. The van der Waals surface area contributed by atoms with Crippen molar-refractivity contribution in [2.24, 2.45) is 0 Å². The first-order valence-corrected chi connectivity index (χ1v) is 7.62. The SMILES string of the molecule is CN(C)CC(NCc1ccccc1Br)c1ccccc1. The summed E-state index contributed by atoms with van der Waals surface area (Å²) in [4.78, 5) is 2.21. The van der Waals surface area contributed by atoms with Gasteiger partial charge in [0.25, 0.3) is 0 Å². The second kappa shape index (κ2) is 7.58. The van der Waals surface area contributed by atoms with E-state index < -0.39 is 0 Å². The molecule has 20 heavy (non-hydrogen) atoms. The standard InChI is InChI=1S/C17H21BrN2/c1-20(2)13-17(14-8-4-3-5-9-14)19-12-15-10-6-7-11-16(15)18/h3-11,17,19H,12-13H2,1-2H3. The number of benzene rings is 2. The summed E-state index contributed by atoms with van der Waals surface area (Å²) >= 11 is 3.60. The van der Waals surface area contributed by atoms with Crippen LogP contribution in [0.2, 0.25) is 0 Å². The first kappa shape index (κ1) is 15.2. The van der Waals surface area contributed by atoms with Crippen molar-refractivity contribution < 1.29 is 0 Å². The molecule has 0 aromatic heterocycles. The monoisotopic (exact) mass is 332 g/mol. The maximum atomic E-state index is 3.65. The molecule has 3 heteroatoms. The van der Waals surface area contributed by atoms with Crippen molar-refractivity contribution >= 4 is 15.9 Å². The summed E-state index contributed by atoms with van der Waals surface area (Å²) in [5.41, 5.74) is 2.61. The van der Waals surface area contributed by atoms with Gasteiger partial charge >= 0.3 is 0 Å². The van der Waals surface area contributed by atoms with E-state index in [9.17, 15) is 0 Å². The Labute approximate surface area is 129 Å². The van der Waals surface area contributed by atoms with E-state index in [2.05, 4.69) is 88.8 Å². The van der Waals surface area contributed by atoms with Crippen molar-refractivity contribution in [3.8, 4) is 0 Å². The van der Waals surface area contributed by atoms with Crippen LogP contribution in [0.5, 0.6) is 0 Å². The predicted molar refractivity (Wildman–Crippen MR) is 88.7 cm³/mol. The molecule has 2 nitrogen and oxygen atoms in total. The summed E-state index contributed by atoms with van der Waals surface area (Å²) in [6.45, 7) is 1.84. The summed E-state index contributed by atoms with van der Waals surface area (Å²) in [6.07, 6.45) is 0. The van der Waals surface area contributed by atoms with Gasteiger partial charge < -0.3 is 10.2 Å². The molecular formula is C17H21BrN2. The van der Waals surface area contributed by atoms with Crippen LogP contribution in [0.4, 0.5) is 0 Å². The summed E-state index contributed by atoms with van der Waals surface area (Å²) in [5.74, 6) is 0. The van der Waals surface area contributed by atoms with Crippen molar-refractivity contribution in [3.05, 3.63) is 70.2 Å². The van der Waals surface area contributed by atoms with E-state index >= 15 is 0 Å². The molecule has 2 aromatic rings. The van der Waals surface area contributed by atoms with Gasteiger partial charge in [0.1, 0.15) is 0 Å². The van der Waals surface area contributed by atoms with E-state index in [0.717, 1.165) is 17.6 Å². The van der Waals surface area contributed by atoms with Gasteiger partial charge in [-0.05, 0) is 31.3 Å². The Morgan fingerprint density at radius 2 is 1.65 bits per heavy atom. The third-order valence-electron chi connectivity index (χ3n) is 3.25. The predicted octanol–water partition coefficient (Wildman–Crippen LogP) is 3.84. The van der Waals surface area contributed by atoms with Crippen LogP contribution in [0.1, 0.15) is 17.2 Å². The minimum atomic E-state index is 0.332. The van der Waals surface area contributed by atoms with Crippen LogP contribution in [-0.4, -0.2) is 25.5 Å². The first-order valence-electron chi connectivity index (χ1n) is 6.83. The van der Waals surface area contributed by atoms with Crippen molar-refractivity contribution in [3.63, 3.8) is 0 Å². The van der Waals surface area contributed by atoms with E-state index in [1.807, 2.05) is 6.07 Å². The van der Waals surface area contributed by atoms with Gasteiger partial charge in [0.2, 0.25) is 0 Å². The quantitative estimate of drug-likeness (QED) is 0.864. The van der Waals surface area contributed by atoms with Crippen LogP contribution in [0.3, 0.4) is 0 Å². The molecule has 2 rings (SSSR count). The fourth-order valence-corrected chi connectivity index (χ4v) is 2.64. The summed E-state index contributed by atoms with van der Waals surface area (Å²) in [6, 6.07) is 19.3. The number of halogens is 1. The first-order chi connectivity index (χ1) is 9.66. The lowest BCUT2D eigenvalue weighted by Gasteiger charge is -2.23. The molecule has 106 valence electrons. The maximum absolute atomic E-state index is 3.65. The molecule has 0 radical (unpaired) electrons. The fourth-order valence-electron chi connectivity index (χ4n) is 2.21. The number of nitrogens with zero attached hydrogens (tertiary/aromatic N) is 1. The molecule has 1 atom stereocenters. The molecule has 0 heterocycles. The van der Waals surface area contributed by atoms with Crippen LogP contribution < -0.4 is 5.32 Å². The van der Waals surface area contributed by atoms with E-state index in [4.69, 9.17) is 0 Å². The third kappa shape index (κ3) is 4.44. The topological polar surface area (TPSA) is 15.3 Å². The van der Waals surface area contributed by atoms with Gasteiger partial charge in [-0.3, -0.25) is 0 Å². The van der Waals surface area contributed by atoms with E-state index in [0.29, 0.717) is 6.04 Å². The molecule has 0 saturated carbocycles. The second-order valence-electron chi connectivity index (χ2n) is 5.20. The van der Waals surface area contributed by atoms with Crippen LogP contribution in [0.25, 0.3) is 0 Å². The van der Waals surface area contributed by atoms with Crippen LogP contribution in [0.15, 0.2) is 59.1 Å². The fraction of sp³-hybridized carbons (Fsp3) is 0.294. The number of hydrogen-bond acceptors (Lipinski definition) is 2. The molecule has 0 fully saturated rings. The molecule has 0 amide bonds. The number of hydrogen-bond donors (Lipinski definition) is 1. The molecule has 0 aliphatic heterocycles. The molecule has 2 aromatic carbocycles. The highest BCUT2D eigenvalue weighted by Gasteiger charge is 2.12.